The van der Waals surface area contributed by atoms with E-state index in [-0.39, 0.29) is 0 Å². The Morgan fingerprint density at radius 3 is 2.67 bits per heavy atom. The van der Waals surface area contributed by atoms with Gasteiger partial charge in [-0.05, 0) is 38.9 Å². The Kier molecular flexibility index (Phi) is 4.76. The molecule has 102 valence electrons. The third-order valence-corrected chi connectivity index (χ3v) is 5.05. The summed E-state index contributed by atoms with van der Waals surface area (Å²) in [6.07, 6.45) is 2.49. The van der Waals surface area contributed by atoms with Gasteiger partial charge in [-0.25, -0.2) is 4.98 Å². The van der Waals surface area contributed by atoms with E-state index in [0.29, 0.717) is 24.3 Å². The van der Waals surface area contributed by atoms with Gasteiger partial charge in [0.25, 0.3) is 0 Å². The minimum atomic E-state index is 0.426. The second-order valence-corrected chi connectivity index (χ2v) is 6.66. The van der Waals surface area contributed by atoms with Gasteiger partial charge in [0.1, 0.15) is 0 Å². The molecule has 1 atom stereocenters. The predicted octanol–water partition coefficient (Wildman–Crippen LogP) is 2.65. The zero-order chi connectivity index (χ0) is 13.1. The molecule has 0 amide bonds. The van der Waals surface area contributed by atoms with Crippen molar-refractivity contribution in [3.8, 4) is 0 Å². The third-order valence-electron chi connectivity index (χ3n) is 4.05. The third kappa shape index (κ3) is 3.11. The summed E-state index contributed by atoms with van der Waals surface area (Å²) < 4.78 is 0. The van der Waals surface area contributed by atoms with Gasteiger partial charge >= 0.3 is 0 Å². The quantitative estimate of drug-likeness (QED) is 0.912. The smallest absolute Gasteiger partial charge is 0.0974 e. The van der Waals surface area contributed by atoms with Crippen molar-refractivity contribution in [2.45, 2.75) is 38.5 Å². The van der Waals surface area contributed by atoms with Crippen LogP contribution in [0.15, 0.2) is 5.38 Å². The van der Waals surface area contributed by atoms with Crippen LogP contribution in [0.4, 0.5) is 0 Å². The topological polar surface area (TPSA) is 42.1 Å². The fourth-order valence-corrected chi connectivity index (χ4v) is 3.81. The number of likely N-dealkylation sites (tertiary alicyclic amines) is 1. The van der Waals surface area contributed by atoms with Crippen LogP contribution in [0.1, 0.15) is 49.2 Å². The van der Waals surface area contributed by atoms with Crippen molar-refractivity contribution in [2.75, 3.05) is 26.7 Å². The van der Waals surface area contributed by atoms with E-state index in [9.17, 15) is 0 Å². The van der Waals surface area contributed by atoms with Gasteiger partial charge in [0.2, 0.25) is 0 Å². The van der Waals surface area contributed by atoms with Gasteiger partial charge < -0.3 is 10.6 Å². The van der Waals surface area contributed by atoms with Crippen LogP contribution in [0.2, 0.25) is 0 Å². The van der Waals surface area contributed by atoms with Crippen molar-refractivity contribution in [3.63, 3.8) is 0 Å². The Hall–Kier alpha value is -0.450. The van der Waals surface area contributed by atoms with Crippen LogP contribution < -0.4 is 5.73 Å². The molecule has 2 rings (SSSR count). The van der Waals surface area contributed by atoms with Gasteiger partial charge in [-0.3, -0.25) is 0 Å². The van der Waals surface area contributed by atoms with Crippen LogP contribution in [0.3, 0.4) is 0 Å². The first-order chi connectivity index (χ1) is 8.61. The van der Waals surface area contributed by atoms with Crippen LogP contribution in [-0.2, 0) is 0 Å². The standard InChI is InChI=1S/C14H25N3S/c1-10(2)12(8-15)14-16-13(9-18-14)11-4-6-17(3)7-5-11/h9-12H,4-8,15H2,1-3H3. The Morgan fingerprint density at radius 1 is 1.44 bits per heavy atom. The summed E-state index contributed by atoms with van der Waals surface area (Å²) in [5.41, 5.74) is 7.18. The van der Waals surface area contributed by atoms with Crippen molar-refractivity contribution in [1.82, 2.24) is 9.88 Å². The normalized spacial score (nSPS) is 20.5. The van der Waals surface area contributed by atoms with Gasteiger partial charge in [0.15, 0.2) is 0 Å². The van der Waals surface area contributed by atoms with E-state index in [1.54, 1.807) is 11.3 Å². The van der Waals surface area contributed by atoms with Crippen molar-refractivity contribution in [1.29, 1.82) is 0 Å². The number of aromatic nitrogens is 1. The maximum atomic E-state index is 5.87. The van der Waals surface area contributed by atoms with Gasteiger partial charge in [-0.2, -0.15) is 0 Å². The first kappa shape index (κ1) is 14.0. The van der Waals surface area contributed by atoms with Crippen LogP contribution in [-0.4, -0.2) is 36.6 Å². The number of thiazole rings is 1. The monoisotopic (exact) mass is 267 g/mol. The molecule has 4 heteroatoms. The second-order valence-electron chi connectivity index (χ2n) is 5.77. The highest BCUT2D eigenvalue weighted by atomic mass is 32.1. The lowest BCUT2D eigenvalue weighted by Gasteiger charge is -2.27. The lowest BCUT2D eigenvalue weighted by molar-refractivity contribution is 0.253. The SMILES string of the molecule is CC(C)C(CN)c1nc(C2CCN(C)CC2)cs1. The molecule has 0 bridgehead atoms. The zero-order valence-electron chi connectivity index (χ0n) is 11.7. The molecule has 1 aromatic rings. The van der Waals surface area contributed by atoms with Crippen LogP contribution in [0.5, 0.6) is 0 Å². The number of hydrogen-bond donors (Lipinski definition) is 1. The summed E-state index contributed by atoms with van der Waals surface area (Å²) in [7, 11) is 2.20. The van der Waals surface area contributed by atoms with E-state index < -0.39 is 0 Å². The van der Waals surface area contributed by atoms with Crippen LogP contribution in [0, 0.1) is 5.92 Å². The largest absolute Gasteiger partial charge is 0.330 e. The molecule has 0 aromatic carbocycles. The van der Waals surface area contributed by atoms with Crippen molar-refractivity contribution in [2.24, 2.45) is 11.7 Å². The van der Waals surface area contributed by atoms with Gasteiger partial charge in [0.05, 0.1) is 10.7 Å². The molecule has 0 radical (unpaired) electrons. The lowest BCUT2D eigenvalue weighted by Crippen LogP contribution is -2.29. The van der Waals surface area contributed by atoms with E-state index in [0.717, 1.165) is 0 Å². The summed E-state index contributed by atoms with van der Waals surface area (Å²) in [6, 6.07) is 0. The molecule has 1 aromatic heterocycles. The molecule has 2 heterocycles. The van der Waals surface area contributed by atoms with E-state index in [1.807, 2.05) is 0 Å². The molecule has 1 aliphatic heterocycles. The summed E-state index contributed by atoms with van der Waals surface area (Å²) in [5, 5.41) is 3.50. The molecular weight excluding hydrogens is 242 g/mol. The second kappa shape index (κ2) is 6.13. The fourth-order valence-electron chi connectivity index (χ4n) is 2.62. The maximum Gasteiger partial charge on any atom is 0.0974 e. The van der Waals surface area contributed by atoms with Crippen molar-refractivity contribution in [3.05, 3.63) is 16.1 Å². The highest BCUT2D eigenvalue weighted by Gasteiger charge is 2.23. The minimum Gasteiger partial charge on any atom is -0.330 e. The van der Waals surface area contributed by atoms with Crippen LogP contribution in [0.25, 0.3) is 0 Å². The number of hydrogen-bond acceptors (Lipinski definition) is 4. The zero-order valence-corrected chi connectivity index (χ0v) is 12.5. The highest BCUT2D eigenvalue weighted by molar-refractivity contribution is 7.09. The Balaban J connectivity index is 2.05. The van der Waals surface area contributed by atoms with E-state index in [1.165, 1.54) is 36.6 Å². The molecule has 0 saturated carbocycles. The first-order valence-electron chi connectivity index (χ1n) is 6.95. The molecular formula is C14H25N3S. The summed E-state index contributed by atoms with van der Waals surface area (Å²) in [4.78, 5) is 7.27. The molecule has 0 spiro atoms. The molecule has 18 heavy (non-hydrogen) atoms. The van der Waals surface area contributed by atoms with Gasteiger partial charge in [0, 0.05) is 23.8 Å². The lowest BCUT2D eigenvalue weighted by atomic mass is 9.94. The number of piperidine rings is 1. The van der Waals surface area contributed by atoms with Crippen LogP contribution >= 0.6 is 11.3 Å². The fraction of sp³-hybridized carbons (Fsp3) is 0.786. The molecule has 1 saturated heterocycles. The highest BCUT2D eigenvalue weighted by Crippen LogP contribution is 2.32. The van der Waals surface area contributed by atoms with Gasteiger partial charge in [-0.15, -0.1) is 11.3 Å². The Bertz CT molecular complexity index is 367. The maximum absolute atomic E-state index is 5.87. The Labute approximate surface area is 114 Å². The average molecular weight is 267 g/mol. The Morgan fingerprint density at radius 2 is 2.11 bits per heavy atom. The van der Waals surface area contributed by atoms with E-state index in [2.05, 4.69) is 31.2 Å². The predicted molar refractivity (Wildman–Crippen MR) is 78.2 cm³/mol. The molecule has 3 nitrogen and oxygen atoms in total. The molecule has 1 fully saturated rings. The molecule has 0 aliphatic carbocycles. The number of rotatable bonds is 4. The van der Waals surface area contributed by atoms with Gasteiger partial charge in [-0.1, -0.05) is 13.8 Å². The first-order valence-corrected chi connectivity index (χ1v) is 7.83. The van der Waals surface area contributed by atoms with E-state index >= 15 is 0 Å². The van der Waals surface area contributed by atoms with E-state index in [4.69, 9.17) is 10.7 Å². The number of nitrogens with two attached hydrogens (primary N) is 1. The molecule has 1 unspecified atom stereocenters. The summed E-state index contributed by atoms with van der Waals surface area (Å²) in [6.45, 7) is 7.56. The minimum absolute atomic E-state index is 0.426. The number of nitrogens with zero attached hydrogens (tertiary/aromatic N) is 2. The summed E-state index contributed by atoms with van der Waals surface area (Å²) in [5.74, 6) is 1.67. The van der Waals surface area contributed by atoms with Crippen molar-refractivity contribution >= 4 is 11.3 Å². The molecule has 1 aliphatic rings. The average Bonchev–Trinajstić information content (AvgIpc) is 2.80. The van der Waals surface area contributed by atoms with Crippen molar-refractivity contribution < 1.29 is 0 Å². The summed E-state index contributed by atoms with van der Waals surface area (Å²) >= 11 is 1.80. The molecule has 2 N–H and O–H groups in total.